The molecule has 94 valence electrons. The van der Waals surface area contributed by atoms with Crippen molar-refractivity contribution in [3.05, 3.63) is 39.1 Å². The third-order valence-corrected chi connectivity index (χ3v) is 4.39. The Bertz CT molecular complexity index is 612. The minimum atomic E-state index is -0.902. The van der Waals surface area contributed by atoms with Crippen LogP contribution in [0.25, 0.3) is 10.6 Å². The number of hydrogen-bond donors (Lipinski definition) is 1. The number of carboxylic acid groups (broad SMARTS) is 1. The average molecular weight is 330 g/mol. The molecule has 2 aromatic rings. The third kappa shape index (κ3) is 2.76. The molecule has 0 radical (unpaired) electrons. The van der Waals surface area contributed by atoms with Gasteiger partial charge in [-0.1, -0.05) is 0 Å². The first-order valence-electron chi connectivity index (χ1n) is 5.11. The van der Waals surface area contributed by atoms with E-state index in [1.807, 2.05) is 0 Å². The van der Waals surface area contributed by atoms with Crippen LogP contribution in [-0.4, -0.2) is 16.1 Å². The van der Waals surface area contributed by atoms with Crippen molar-refractivity contribution in [2.24, 2.45) is 0 Å². The second kappa shape index (κ2) is 5.16. The fourth-order valence-electron chi connectivity index (χ4n) is 1.48. The molecule has 1 N–H and O–H groups in total. The zero-order chi connectivity index (χ0) is 13.3. The van der Waals surface area contributed by atoms with Crippen molar-refractivity contribution >= 4 is 33.2 Å². The van der Waals surface area contributed by atoms with Gasteiger partial charge in [-0.05, 0) is 46.6 Å². The van der Waals surface area contributed by atoms with E-state index in [-0.39, 0.29) is 12.2 Å². The maximum atomic E-state index is 13.2. The number of hydrogen-bond acceptors (Lipinski definition) is 3. The molecule has 0 amide bonds. The number of thiazole rings is 1. The molecule has 1 aromatic heterocycles. The molecule has 1 aromatic carbocycles. The smallest absolute Gasteiger partial charge is 0.308 e. The predicted octanol–water partition coefficient (Wildman–Crippen LogP) is 3.65. The Morgan fingerprint density at radius 2 is 2.28 bits per heavy atom. The molecule has 0 unspecified atom stereocenters. The van der Waals surface area contributed by atoms with E-state index in [0.717, 1.165) is 5.56 Å². The molecular weight excluding hydrogens is 321 g/mol. The quantitative estimate of drug-likeness (QED) is 0.935. The molecule has 0 aliphatic rings. The summed E-state index contributed by atoms with van der Waals surface area (Å²) in [6, 6.07) is 4.72. The van der Waals surface area contributed by atoms with Crippen molar-refractivity contribution in [1.82, 2.24) is 4.98 Å². The maximum Gasteiger partial charge on any atom is 0.308 e. The van der Waals surface area contributed by atoms with Crippen molar-refractivity contribution < 1.29 is 14.3 Å². The SMILES string of the molecule is Cc1cc(-c2nc(Br)c(CC(=O)O)s2)ccc1F. The highest BCUT2D eigenvalue weighted by Crippen LogP contribution is 2.32. The molecule has 0 fully saturated rings. The van der Waals surface area contributed by atoms with Crippen LogP contribution in [0.15, 0.2) is 22.8 Å². The minimum absolute atomic E-state index is 0.0710. The van der Waals surface area contributed by atoms with E-state index in [1.165, 1.54) is 17.4 Å². The van der Waals surface area contributed by atoms with Crippen LogP contribution in [-0.2, 0) is 11.2 Å². The highest BCUT2D eigenvalue weighted by molar-refractivity contribution is 9.10. The highest BCUT2D eigenvalue weighted by Gasteiger charge is 2.13. The van der Waals surface area contributed by atoms with Gasteiger partial charge in [-0.2, -0.15) is 0 Å². The Labute approximate surface area is 115 Å². The van der Waals surface area contributed by atoms with E-state index in [0.29, 0.717) is 20.1 Å². The first-order chi connectivity index (χ1) is 8.47. The largest absolute Gasteiger partial charge is 0.481 e. The molecule has 0 atom stereocenters. The number of carboxylic acids is 1. The summed E-state index contributed by atoms with van der Waals surface area (Å²) in [4.78, 5) is 15.6. The molecule has 3 nitrogen and oxygen atoms in total. The normalized spacial score (nSPS) is 10.6. The maximum absolute atomic E-state index is 13.2. The summed E-state index contributed by atoms with van der Waals surface area (Å²) in [6.07, 6.45) is -0.0710. The van der Waals surface area contributed by atoms with Crippen LogP contribution in [0.4, 0.5) is 4.39 Å². The summed E-state index contributed by atoms with van der Waals surface area (Å²) in [7, 11) is 0. The molecule has 6 heteroatoms. The highest BCUT2D eigenvalue weighted by atomic mass is 79.9. The second-order valence-electron chi connectivity index (χ2n) is 3.77. The van der Waals surface area contributed by atoms with Crippen LogP contribution in [0.5, 0.6) is 0 Å². The van der Waals surface area contributed by atoms with Crippen LogP contribution in [0.1, 0.15) is 10.4 Å². The summed E-state index contributed by atoms with van der Waals surface area (Å²) < 4.78 is 13.7. The lowest BCUT2D eigenvalue weighted by molar-refractivity contribution is -0.136. The number of halogens is 2. The number of aliphatic carboxylic acids is 1. The summed E-state index contributed by atoms with van der Waals surface area (Å²) in [5, 5.41) is 9.44. The topological polar surface area (TPSA) is 50.2 Å². The fourth-order valence-corrected chi connectivity index (χ4v) is 3.10. The molecule has 18 heavy (non-hydrogen) atoms. The monoisotopic (exact) mass is 329 g/mol. The van der Waals surface area contributed by atoms with Gasteiger partial charge in [0, 0.05) is 5.56 Å². The second-order valence-corrected chi connectivity index (χ2v) is 5.60. The van der Waals surface area contributed by atoms with Gasteiger partial charge in [-0.15, -0.1) is 11.3 Å². The van der Waals surface area contributed by atoms with Crippen molar-refractivity contribution in [3.63, 3.8) is 0 Å². The molecule has 0 saturated carbocycles. The number of aryl methyl sites for hydroxylation is 1. The van der Waals surface area contributed by atoms with Crippen molar-refractivity contribution in [2.75, 3.05) is 0 Å². The van der Waals surface area contributed by atoms with E-state index in [4.69, 9.17) is 5.11 Å². The van der Waals surface area contributed by atoms with E-state index in [2.05, 4.69) is 20.9 Å². The van der Waals surface area contributed by atoms with Crippen molar-refractivity contribution in [1.29, 1.82) is 0 Å². The van der Waals surface area contributed by atoms with Crippen molar-refractivity contribution in [2.45, 2.75) is 13.3 Å². The third-order valence-electron chi connectivity index (χ3n) is 2.37. The summed E-state index contributed by atoms with van der Waals surface area (Å²) in [6.45, 7) is 1.68. The summed E-state index contributed by atoms with van der Waals surface area (Å²) in [5.74, 6) is -1.17. The van der Waals surface area contributed by atoms with Gasteiger partial charge < -0.3 is 5.11 Å². The number of aromatic nitrogens is 1. The first-order valence-corrected chi connectivity index (χ1v) is 6.72. The Kier molecular flexibility index (Phi) is 3.77. The molecular formula is C12H9BrFNO2S. The first kappa shape index (κ1) is 13.2. The molecule has 0 aliphatic carbocycles. The summed E-state index contributed by atoms with van der Waals surface area (Å²) >= 11 is 4.53. The fraction of sp³-hybridized carbons (Fsp3) is 0.167. The zero-order valence-corrected chi connectivity index (χ0v) is 11.8. The van der Waals surface area contributed by atoms with E-state index in [1.54, 1.807) is 19.1 Å². The molecule has 0 saturated heterocycles. The summed E-state index contributed by atoms with van der Waals surface area (Å²) in [5.41, 5.74) is 1.33. The van der Waals surface area contributed by atoms with Crippen LogP contribution in [0, 0.1) is 12.7 Å². The number of benzene rings is 1. The number of nitrogens with zero attached hydrogens (tertiary/aromatic N) is 1. The zero-order valence-electron chi connectivity index (χ0n) is 9.41. The van der Waals surface area contributed by atoms with Gasteiger partial charge in [-0.25, -0.2) is 9.37 Å². The lowest BCUT2D eigenvalue weighted by atomic mass is 10.1. The van der Waals surface area contributed by atoms with Gasteiger partial charge in [-0.3, -0.25) is 4.79 Å². The molecule has 0 bridgehead atoms. The predicted molar refractivity (Wildman–Crippen MR) is 71.3 cm³/mol. The molecule has 2 rings (SSSR count). The number of rotatable bonds is 3. The van der Waals surface area contributed by atoms with Gasteiger partial charge in [0.1, 0.15) is 15.4 Å². The van der Waals surface area contributed by atoms with Crippen LogP contribution >= 0.6 is 27.3 Å². The molecule has 0 aliphatic heterocycles. The van der Waals surface area contributed by atoms with Gasteiger partial charge >= 0.3 is 5.97 Å². The van der Waals surface area contributed by atoms with Gasteiger partial charge in [0.05, 0.1) is 11.3 Å². The van der Waals surface area contributed by atoms with Crippen molar-refractivity contribution in [3.8, 4) is 10.6 Å². The average Bonchev–Trinajstić information content (AvgIpc) is 2.63. The van der Waals surface area contributed by atoms with Crippen LogP contribution < -0.4 is 0 Å². The molecule has 1 heterocycles. The van der Waals surface area contributed by atoms with Gasteiger partial charge in [0.25, 0.3) is 0 Å². The number of carbonyl (C=O) groups is 1. The van der Waals surface area contributed by atoms with Crippen LogP contribution in [0.2, 0.25) is 0 Å². The van der Waals surface area contributed by atoms with Gasteiger partial charge in [0.15, 0.2) is 0 Å². The Morgan fingerprint density at radius 1 is 1.56 bits per heavy atom. The minimum Gasteiger partial charge on any atom is -0.481 e. The lowest BCUT2D eigenvalue weighted by Crippen LogP contribution is -1.98. The van der Waals surface area contributed by atoms with E-state index >= 15 is 0 Å². The Morgan fingerprint density at radius 3 is 2.89 bits per heavy atom. The Hall–Kier alpha value is -1.27. The Balaban J connectivity index is 2.39. The van der Waals surface area contributed by atoms with E-state index in [9.17, 15) is 9.18 Å². The molecule has 0 spiro atoms. The van der Waals surface area contributed by atoms with Crippen LogP contribution in [0.3, 0.4) is 0 Å². The van der Waals surface area contributed by atoms with Gasteiger partial charge in [0.2, 0.25) is 0 Å². The van der Waals surface area contributed by atoms with E-state index < -0.39 is 5.97 Å². The lowest BCUT2D eigenvalue weighted by Gasteiger charge is -1.99. The standard InChI is InChI=1S/C12H9BrFNO2S/c1-6-4-7(2-3-8(6)14)12-15-11(13)9(18-12)5-10(16)17/h2-4H,5H2,1H3,(H,16,17).